The summed E-state index contributed by atoms with van der Waals surface area (Å²) in [6.07, 6.45) is 1.70. The Morgan fingerprint density at radius 1 is 1.44 bits per heavy atom. The number of hydrogen-bond donors (Lipinski definition) is 2. The highest BCUT2D eigenvalue weighted by Crippen LogP contribution is 2.27. The number of rotatable bonds is 5. The highest BCUT2D eigenvalue weighted by molar-refractivity contribution is 6.33. The summed E-state index contributed by atoms with van der Waals surface area (Å²) in [5.41, 5.74) is 0.666. The normalized spacial score (nSPS) is 24.7. The molecule has 5 heteroatoms. The molecule has 2 N–H and O–H groups in total. The Morgan fingerprint density at radius 3 is 2.83 bits per heavy atom. The number of benzene rings is 1. The Morgan fingerprint density at radius 2 is 2.17 bits per heavy atom. The first-order chi connectivity index (χ1) is 8.60. The molecule has 0 aromatic heterocycles. The van der Waals surface area contributed by atoms with Gasteiger partial charge in [0.2, 0.25) is 0 Å². The van der Waals surface area contributed by atoms with Gasteiger partial charge < -0.3 is 15.2 Å². The Kier molecular flexibility index (Phi) is 4.87. The van der Waals surface area contributed by atoms with Gasteiger partial charge in [-0.05, 0) is 31.0 Å². The van der Waals surface area contributed by atoms with E-state index in [2.05, 4.69) is 5.32 Å². The fourth-order valence-electron chi connectivity index (χ4n) is 2.08. The third-order valence-corrected chi connectivity index (χ3v) is 3.92. The van der Waals surface area contributed by atoms with E-state index in [0.717, 1.165) is 12.8 Å². The quantitative estimate of drug-likeness (QED) is 0.876. The second-order valence-corrected chi connectivity index (χ2v) is 5.46. The average molecular weight is 290 g/mol. The Labute approximate surface area is 117 Å². The van der Waals surface area contributed by atoms with E-state index < -0.39 is 6.10 Å². The van der Waals surface area contributed by atoms with E-state index in [1.807, 2.05) is 0 Å². The topological polar surface area (TPSA) is 41.5 Å². The van der Waals surface area contributed by atoms with Crippen molar-refractivity contribution in [3.05, 3.63) is 33.8 Å². The Bertz CT molecular complexity index is 408. The summed E-state index contributed by atoms with van der Waals surface area (Å²) in [6, 6.07) is 5.53. The molecule has 2 rings (SSSR count). The zero-order valence-electron chi connectivity index (χ0n) is 10.2. The molecule has 1 fully saturated rings. The molecule has 1 aliphatic carbocycles. The summed E-state index contributed by atoms with van der Waals surface area (Å²) < 4.78 is 5.20. The summed E-state index contributed by atoms with van der Waals surface area (Å²) in [7, 11) is 1.72. The third-order valence-electron chi connectivity index (χ3n) is 3.35. The predicted molar refractivity (Wildman–Crippen MR) is 73.2 cm³/mol. The van der Waals surface area contributed by atoms with E-state index >= 15 is 0 Å². The van der Waals surface area contributed by atoms with Crippen LogP contribution >= 0.6 is 23.2 Å². The number of ether oxygens (including phenoxy) is 1. The van der Waals surface area contributed by atoms with Crippen molar-refractivity contribution in [2.75, 3.05) is 13.7 Å². The van der Waals surface area contributed by atoms with Gasteiger partial charge in [-0.15, -0.1) is 0 Å². The van der Waals surface area contributed by atoms with Crippen LogP contribution in [0.4, 0.5) is 0 Å². The van der Waals surface area contributed by atoms with Gasteiger partial charge in [-0.25, -0.2) is 0 Å². The summed E-state index contributed by atoms with van der Waals surface area (Å²) in [5, 5.41) is 14.5. The summed E-state index contributed by atoms with van der Waals surface area (Å²) in [5.74, 6) is 0. The number of hydrogen-bond acceptors (Lipinski definition) is 3. The predicted octanol–water partition coefficient (Wildman–Crippen LogP) is 2.79. The number of aliphatic hydroxyl groups excluding tert-OH is 1. The van der Waals surface area contributed by atoms with E-state index in [9.17, 15) is 5.11 Å². The largest absolute Gasteiger partial charge is 0.387 e. The van der Waals surface area contributed by atoms with Gasteiger partial charge >= 0.3 is 0 Å². The van der Waals surface area contributed by atoms with Gasteiger partial charge in [0.05, 0.1) is 12.2 Å². The maximum atomic E-state index is 10.1. The van der Waals surface area contributed by atoms with Crippen molar-refractivity contribution in [1.82, 2.24) is 5.32 Å². The van der Waals surface area contributed by atoms with Gasteiger partial charge in [-0.1, -0.05) is 23.2 Å². The Hall–Kier alpha value is -0.320. The van der Waals surface area contributed by atoms with Crippen LogP contribution in [0.2, 0.25) is 10.0 Å². The second kappa shape index (κ2) is 6.22. The van der Waals surface area contributed by atoms with Gasteiger partial charge in [0.25, 0.3) is 0 Å². The van der Waals surface area contributed by atoms with Gasteiger partial charge in [0.15, 0.2) is 0 Å². The molecule has 0 heterocycles. The summed E-state index contributed by atoms with van der Waals surface area (Å²) in [6.45, 7) is 0.473. The van der Waals surface area contributed by atoms with Crippen molar-refractivity contribution >= 4 is 23.2 Å². The van der Waals surface area contributed by atoms with Crippen LogP contribution in [0.25, 0.3) is 0 Å². The zero-order valence-corrected chi connectivity index (χ0v) is 11.7. The lowest BCUT2D eigenvalue weighted by Crippen LogP contribution is -2.46. The lowest BCUT2D eigenvalue weighted by Gasteiger charge is -2.35. The van der Waals surface area contributed by atoms with Gasteiger partial charge in [-0.3, -0.25) is 0 Å². The minimum Gasteiger partial charge on any atom is -0.387 e. The molecule has 100 valence electrons. The maximum Gasteiger partial charge on any atom is 0.0929 e. The molecular formula is C13H17Cl2NO2. The molecule has 1 unspecified atom stereocenters. The van der Waals surface area contributed by atoms with Crippen LogP contribution in [0, 0.1) is 0 Å². The van der Waals surface area contributed by atoms with Crippen molar-refractivity contribution < 1.29 is 9.84 Å². The zero-order chi connectivity index (χ0) is 13.1. The first kappa shape index (κ1) is 14.1. The lowest BCUT2D eigenvalue weighted by atomic mass is 9.89. The number of nitrogens with one attached hydrogen (secondary N) is 1. The smallest absolute Gasteiger partial charge is 0.0929 e. The van der Waals surface area contributed by atoms with E-state index in [4.69, 9.17) is 27.9 Å². The second-order valence-electron chi connectivity index (χ2n) is 4.62. The molecule has 3 nitrogen and oxygen atoms in total. The summed E-state index contributed by atoms with van der Waals surface area (Å²) >= 11 is 11.9. The van der Waals surface area contributed by atoms with Crippen LogP contribution < -0.4 is 5.32 Å². The van der Waals surface area contributed by atoms with Crippen molar-refractivity contribution in [1.29, 1.82) is 0 Å². The molecule has 1 atom stereocenters. The van der Waals surface area contributed by atoms with Gasteiger partial charge in [0.1, 0.15) is 0 Å². The first-order valence-electron chi connectivity index (χ1n) is 5.99. The summed E-state index contributed by atoms with van der Waals surface area (Å²) in [4.78, 5) is 0. The molecule has 0 saturated heterocycles. The number of methoxy groups -OCH3 is 1. The van der Waals surface area contributed by atoms with Gasteiger partial charge in [0, 0.05) is 35.3 Å². The minimum absolute atomic E-state index is 0.356. The molecule has 1 saturated carbocycles. The van der Waals surface area contributed by atoms with Crippen molar-refractivity contribution in [3.8, 4) is 0 Å². The third kappa shape index (κ3) is 3.37. The molecule has 0 spiro atoms. The SMILES string of the molecule is COC1CC(NCC(O)c2cc(Cl)ccc2Cl)C1. The Balaban J connectivity index is 1.84. The number of aliphatic hydroxyl groups is 1. The average Bonchev–Trinajstić information content (AvgIpc) is 2.30. The molecule has 0 aliphatic heterocycles. The standard InChI is InChI=1S/C13H17Cl2NO2/c1-18-10-5-9(6-10)16-7-13(17)11-4-8(14)2-3-12(11)15/h2-4,9-10,13,16-17H,5-7H2,1H3. The van der Waals surface area contributed by atoms with E-state index in [1.165, 1.54) is 0 Å². The van der Waals surface area contributed by atoms with Crippen LogP contribution in [-0.4, -0.2) is 30.9 Å². The van der Waals surface area contributed by atoms with Crippen LogP contribution in [0.3, 0.4) is 0 Å². The van der Waals surface area contributed by atoms with Crippen molar-refractivity contribution in [3.63, 3.8) is 0 Å². The molecule has 0 radical (unpaired) electrons. The monoisotopic (exact) mass is 289 g/mol. The van der Waals surface area contributed by atoms with Crippen molar-refractivity contribution in [2.24, 2.45) is 0 Å². The van der Waals surface area contributed by atoms with Gasteiger partial charge in [-0.2, -0.15) is 0 Å². The van der Waals surface area contributed by atoms with Crippen LogP contribution in [-0.2, 0) is 4.74 Å². The van der Waals surface area contributed by atoms with Crippen LogP contribution in [0.1, 0.15) is 24.5 Å². The highest BCUT2D eigenvalue weighted by atomic mass is 35.5. The fourth-order valence-corrected chi connectivity index (χ4v) is 2.51. The molecule has 0 amide bonds. The lowest BCUT2D eigenvalue weighted by molar-refractivity contribution is 0.0137. The van der Waals surface area contributed by atoms with E-state index in [1.54, 1.807) is 25.3 Å². The minimum atomic E-state index is -0.641. The van der Waals surface area contributed by atoms with Crippen molar-refractivity contribution in [2.45, 2.75) is 31.1 Å². The molecule has 1 aromatic rings. The number of halogens is 2. The maximum absolute atomic E-state index is 10.1. The van der Waals surface area contributed by atoms with Crippen LogP contribution in [0.5, 0.6) is 0 Å². The fraction of sp³-hybridized carbons (Fsp3) is 0.538. The molecule has 1 aliphatic rings. The highest BCUT2D eigenvalue weighted by Gasteiger charge is 2.29. The molecule has 1 aromatic carbocycles. The molecular weight excluding hydrogens is 273 g/mol. The van der Waals surface area contributed by atoms with Crippen LogP contribution in [0.15, 0.2) is 18.2 Å². The molecule has 18 heavy (non-hydrogen) atoms. The first-order valence-corrected chi connectivity index (χ1v) is 6.75. The van der Waals surface area contributed by atoms with E-state index in [-0.39, 0.29) is 0 Å². The molecule has 0 bridgehead atoms. The van der Waals surface area contributed by atoms with E-state index in [0.29, 0.717) is 34.3 Å².